The van der Waals surface area contributed by atoms with Gasteiger partial charge in [0, 0.05) is 20.8 Å². The standard InChI is InChI=1S/C4H12O6P2S2/c1-3-9-11(5,6)13-14-12(7,8)10-4-2/h3-4H2,1-2H3,(H,5,6)(H,7,8). The molecule has 0 amide bonds. The topological polar surface area (TPSA) is 93.1 Å². The normalized spacial score (nSPS) is 20.0. The lowest BCUT2D eigenvalue weighted by Crippen LogP contribution is -1.85. The van der Waals surface area contributed by atoms with E-state index in [9.17, 15) is 9.13 Å². The molecule has 6 nitrogen and oxygen atoms in total. The van der Waals surface area contributed by atoms with E-state index in [4.69, 9.17) is 9.79 Å². The molecule has 0 aliphatic carbocycles. The third-order valence-corrected chi connectivity index (χ3v) is 10.2. The summed E-state index contributed by atoms with van der Waals surface area (Å²) in [6.45, 7) is -4.47. The van der Waals surface area contributed by atoms with Crippen LogP contribution in [0.3, 0.4) is 0 Å². The molecule has 0 aromatic rings. The third-order valence-electron chi connectivity index (χ3n) is 0.806. The summed E-state index contributed by atoms with van der Waals surface area (Å²) in [5.74, 6) is 0. The summed E-state index contributed by atoms with van der Waals surface area (Å²) in [6.07, 6.45) is 0. The molecule has 0 saturated heterocycles. The van der Waals surface area contributed by atoms with Gasteiger partial charge in [-0.2, -0.15) is 0 Å². The molecule has 0 fully saturated rings. The second-order valence-corrected chi connectivity index (χ2v) is 11.0. The first-order valence-corrected chi connectivity index (χ1v) is 10.2. The first kappa shape index (κ1) is 15.0. The molecule has 0 bridgehead atoms. The molecule has 2 N–H and O–H groups in total. The summed E-state index contributed by atoms with van der Waals surface area (Å²) < 4.78 is 31.0. The van der Waals surface area contributed by atoms with E-state index in [1.165, 1.54) is 0 Å². The van der Waals surface area contributed by atoms with Gasteiger partial charge >= 0.3 is 13.6 Å². The van der Waals surface area contributed by atoms with Crippen LogP contribution in [0.25, 0.3) is 0 Å². The first-order valence-electron chi connectivity index (χ1n) is 3.65. The Hall–Kier alpha value is 1.00. The fraction of sp³-hybridized carbons (Fsp3) is 1.00. The number of hydrogen-bond donors (Lipinski definition) is 2. The van der Waals surface area contributed by atoms with Crippen molar-refractivity contribution < 1.29 is 28.0 Å². The summed E-state index contributed by atoms with van der Waals surface area (Å²) in [5.41, 5.74) is 0. The van der Waals surface area contributed by atoms with Crippen LogP contribution in [-0.4, -0.2) is 23.0 Å². The number of hydrogen-bond acceptors (Lipinski definition) is 6. The van der Waals surface area contributed by atoms with Crippen LogP contribution in [0.15, 0.2) is 0 Å². The molecule has 0 saturated carbocycles. The van der Waals surface area contributed by atoms with Crippen molar-refractivity contribution in [3.63, 3.8) is 0 Å². The molecular weight excluding hydrogens is 270 g/mol. The maximum absolute atomic E-state index is 11.1. The molecule has 0 spiro atoms. The van der Waals surface area contributed by atoms with Crippen molar-refractivity contribution in [1.82, 2.24) is 0 Å². The van der Waals surface area contributed by atoms with Gasteiger partial charge in [0.15, 0.2) is 0 Å². The minimum Gasteiger partial charge on any atom is -0.316 e. The third kappa shape index (κ3) is 7.31. The molecular formula is C4H12O6P2S2. The Labute approximate surface area is 89.7 Å². The van der Waals surface area contributed by atoms with Crippen LogP contribution in [0.1, 0.15) is 13.8 Å². The van der Waals surface area contributed by atoms with Gasteiger partial charge in [0.05, 0.1) is 13.2 Å². The van der Waals surface area contributed by atoms with E-state index in [0.29, 0.717) is 20.8 Å². The highest BCUT2D eigenvalue weighted by molar-refractivity contribution is 9.12. The SMILES string of the molecule is CCOP(=O)(O)SSP(=O)(O)OCC. The minimum absolute atomic E-state index is 0.0612. The van der Waals surface area contributed by atoms with Crippen LogP contribution in [0.4, 0.5) is 0 Å². The molecule has 0 aliphatic rings. The van der Waals surface area contributed by atoms with E-state index in [0.717, 1.165) is 0 Å². The summed E-state index contributed by atoms with van der Waals surface area (Å²) >= 11 is 0. The Bertz CT molecular complexity index is 232. The molecule has 2 unspecified atom stereocenters. The number of rotatable bonds is 7. The summed E-state index contributed by atoms with van der Waals surface area (Å²) in [7, 11) is 0.635. The Morgan fingerprint density at radius 3 is 1.50 bits per heavy atom. The van der Waals surface area contributed by atoms with E-state index in [1.807, 2.05) is 0 Å². The van der Waals surface area contributed by atoms with Crippen molar-refractivity contribution in [2.75, 3.05) is 13.2 Å². The lowest BCUT2D eigenvalue weighted by atomic mass is 10.9. The smallest absolute Gasteiger partial charge is 0.316 e. The fourth-order valence-corrected chi connectivity index (χ4v) is 9.60. The van der Waals surface area contributed by atoms with Crippen LogP contribution < -0.4 is 0 Å². The van der Waals surface area contributed by atoms with E-state index in [2.05, 4.69) is 9.05 Å². The van der Waals surface area contributed by atoms with Crippen molar-refractivity contribution in [3.05, 3.63) is 0 Å². The first-order chi connectivity index (χ1) is 6.33. The van der Waals surface area contributed by atoms with Crippen molar-refractivity contribution in [3.8, 4) is 0 Å². The highest BCUT2D eigenvalue weighted by Gasteiger charge is 2.29. The minimum atomic E-state index is -3.85. The fourth-order valence-electron chi connectivity index (χ4n) is 0.454. The molecule has 0 aromatic carbocycles. The predicted molar refractivity (Wildman–Crippen MR) is 58.1 cm³/mol. The molecule has 0 rings (SSSR count). The summed E-state index contributed by atoms with van der Waals surface area (Å²) in [4.78, 5) is 18.1. The monoisotopic (exact) mass is 282 g/mol. The van der Waals surface area contributed by atoms with Gasteiger partial charge in [-0.15, -0.1) is 0 Å². The van der Waals surface area contributed by atoms with Crippen molar-refractivity contribution >= 4 is 34.4 Å². The van der Waals surface area contributed by atoms with Crippen LogP contribution in [0.2, 0.25) is 0 Å². The highest BCUT2D eigenvalue weighted by atomic mass is 33.5. The van der Waals surface area contributed by atoms with Gasteiger partial charge in [-0.25, -0.2) is 9.13 Å². The molecule has 2 atom stereocenters. The van der Waals surface area contributed by atoms with Gasteiger partial charge in [0.2, 0.25) is 0 Å². The van der Waals surface area contributed by atoms with Gasteiger partial charge in [-0.05, 0) is 13.8 Å². The lowest BCUT2D eigenvalue weighted by molar-refractivity contribution is 0.289. The molecule has 14 heavy (non-hydrogen) atoms. The maximum Gasteiger partial charge on any atom is 0.397 e. The zero-order valence-corrected chi connectivity index (χ0v) is 11.1. The van der Waals surface area contributed by atoms with Gasteiger partial charge in [0.25, 0.3) is 0 Å². The average molecular weight is 282 g/mol. The Morgan fingerprint density at radius 1 is 1.00 bits per heavy atom. The quantitative estimate of drug-likeness (QED) is 0.543. The largest absolute Gasteiger partial charge is 0.397 e. The highest BCUT2D eigenvalue weighted by Crippen LogP contribution is 2.73. The average Bonchev–Trinajstić information content (AvgIpc) is 2.01. The lowest BCUT2D eigenvalue weighted by Gasteiger charge is -2.11. The molecule has 0 radical (unpaired) electrons. The Kier molecular flexibility index (Phi) is 7.02. The molecule has 0 aromatic heterocycles. The summed E-state index contributed by atoms with van der Waals surface area (Å²) in [6, 6.07) is 0. The zero-order chi connectivity index (χ0) is 11.2. The van der Waals surface area contributed by atoms with Crippen molar-refractivity contribution in [1.29, 1.82) is 0 Å². The maximum atomic E-state index is 11.1. The van der Waals surface area contributed by atoms with Crippen molar-refractivity contribution in [2.45, 2.75) is 13.8 Å². The van der Waals surface area contributed by atoms with E-state index in [1.54, 1.807) is 13.8 Å². The Morgan fingerprint density at radius 2 is 1.29 bits per heavy atom. The zero-order valence-electron chi connectivity index (χ0n) is 7.65. The molecule has 86 valence electrons. The Balaban J connectivity index is 4.04. The van der Waals surface area contributed by atoms with Gasteiger partial charge in [0.1, 0.15) is 0 Å². The van der Waals surface area contributed by atoms with Crippen LogP contribution >= 0.6 is 34.4 Å². The molecule has 10 heteroatoms. The predicted octanol–water partition coefficient (Wildman–Crippen LogP) is 2.64. The molecule has 0 aliphatic heterocycles. The van der Waals surface area contributed by atoms with Gasteiger partial charge in [-0.3, -0.25) is 0 Å². The molecule has 0 heterocycles. The second-order valence-electron chi connectivity index (χ2n) is 1.92. The van der Waals surface area contributed by atoms with E-state index < -0.39 is 13.6 Å². The van der Waals surface area contributed by atoms with Crippen LogP contribution in [0.5, 0.6) is 0 Å². The van der Waals surface area contributed by atoms with Gasteiger partial charge < -0.3 is 18.8 Å². The van der Waals surface area contributed by atoms with Crippen molar-refractivity contribution in [2.24, 2.45) is 0 Å². The van der Waals surface area contributed by atoms with Crippen LogP contribution in [-0.2, 0) is 18.2 Å². The van der Waals surface area contributed by atoms with Crippen LogP contribution in [0, 0.1) is 0 Å². The van der Waals surface area contributed by atoms with E-state index >= 15 is 0 Å². The summed E-state index contributed by atoms with van der Waals surface area (Å²) in [5, 5.41) is 0. The van der Waals surface area contributed by atoms with E-state index in [-0.39, 0.29) is 13.2 Å². The van der Waals surface area contributed by atoms with Gasteiger partial charge in [-0.1, -0.05) is 0 Å². The second kappa shape index (κ2) is 6.55.